The standard InChI is InChI=1S/C25H24F5N7O4/c1-41-20(38)7-14(11-2-3-17(27)16(4-11)25(28,29)30)21(23(32)40)37-19-6-12(22(31)39)5-18(15(19)10-35-37)36-24-33-8-13(26)9-34-24/h2-6,10,13-14,21H,7-9H2,1H3,(H2,31,39)(H2,32,40)(H2,33,34,36)/t14-,21?/m0/s1. The number of hydrogen-bond acceptors (Lipinski definition) is 8. The van der Waals surface area contributed by atoms with E-state index in [1.807, 2.05) is 0 Å². The fourth-order valence-electron chi connectivity index (χ4n) is 4.50. The number of nitrogens with two attached hydrogens (primary N) is 2. The van der Waals surface area contributed by atoms with Gasteiger partial charge in [-0.2, -0.15) is 18.3 Å². The van der Waals surface area contributed by atoms with Crippen molar-refractivity contribution in [3.63, 3.8) is 0 Å². The van der Waals surface area contributed by atoms with Gasteiger partial charge in [0.1, 0.15) is 18.0 Å². The first-order valence-electron chi connectivity index (χ1n) is 12.0. The van der Waals surface area contributed by atoms with Crippen LogP contribution in [0.15, 0.2) is 41.5 Å². The maximum atomic E-state index is 14.1. The summed E-state index contributed by atoms with van der Waals surface area (Å²) in [5.74, 6) is -5.67. The first kappa shape index (κ1) is 29.2. The number of hydrogen-bond donors (Lipinski definition) is 4. The molecule has 2 heterocycles. The van der Waals surface area contributed by atoms with Crippen LogP contribution in [0, 0.1) is 5.82 Å². The van der Waals surface area contributed by atoms with Gasteiger partial charge in [-0.1, -0.05) is 6.07 Å². The summed E-state index contributed by atoms with van der Waals surface area (Å²) in [6, 6.07) is 3.06. The van der Waals surface area contributed by atoms with E-state index in [2.05, 4.69) is 25.5 Å². The number of carbonyl (C=O) groups excluding carboxylic acids is 3. The predicted octanol–water partition coefficient (Wildman–Crippen LogP) is 2.38. The Hall–Kier alpha value is -4.76. The smallest absolute Gasteiger partial charge is 0.419 e. The molecule has 0 saturated carbocycles. The van der Waals surface area contributed by atoms with Gasteiger partial charge in [0.15, 0.2) is 5.96 Å². The molecule has 1 aromatic heterocycles. The first-order valence-corrected chi connectivity index (χ1v) is 12.0. The highest BCUT2D eigenvalue weighted by molar-refractivity contribution is 6.07. The molecule has 2 aromatic carbocycles. The summed E-state index contributed by atoms with van der Waals surface area (Å²) < 4.78 is 73.8. The van der Waals surface area contributed by atoms with Crippen molar-refractivity contribution in [2.45, 2.75) is 30.7 Å². The number of amides is 2. The molecule has 16 heteroatoms. The zero-order valence-corrected chi connectivity index (χ0v) is 21.3. The van der Waals surface area contributed by atoms with Gasteiger partial charge in [0, 0.05) is 16.9 Å². The number of carbonyl (C=O) groups is 3. The number of guanidine groups is 1. The van der Waals surface area contributed by atoms with Crippen LogP contribution in [-0.4, -0.2) is 59.9 Å². The highest BCUT2D eigenvalue weighted by Crippen LogP contribution is 2.39. The van der Waals surface area contributed by atoms with Crippen LogP contribution in [0.2, 0.25) is 0 Å². The predicted molar refractivity (Wildman–Crippen MR) is 136 cm³/mol. The van der Waals surface area contributed by atoms with Crippen LogP contribution in [0.4, 0.5) is 27.6 Å². The number of methoxy groups -OCH3 is 1. The van der Waals surface area contributed by atoms with Gasteiger partial charge in [-0.3, -0.25) is 19.1 Å². The second-order valence-corrected chi connectivity index (χ2v) is 9.17. The summed E-state index contributed by atoms with van der Waals surface area (Å²) in [5.41, 5.74) is 9.59. The van der Waals surface area contributed by atoms with Crippen LogP contribution < -0.4 is 22.1 Å². The summed E-state index contributed by atoms with van der Waals surface area (Å²) in [6.07, 6.45) is -5.64. The minimum atomic E-state index is -5.08. The Morgan fingerprint density at radius 1 is 1.22 bits per heavy atom. The van der Waals surface area contributed by atoms with E-state index >= 15 is 0 Å². The molecular formula is C25H24F5N7O4. The van der Waals surface area contributed by atoms with Gasteiger partial charge in [0.05, 0.1) is 49.6 Å². The lowest BCUT2D eigenvalue weighted by atomic mass is 9.86. The van der Waals surface area contributed by atoms with Crippen molar-refractivity contribution in [3.8, 4) is 0 Å². The molecule has 11 nitrogen and oxygen atoms in total. The number of rotatable bonds is 8. The largest absolute Gasteiger partial charge is 0.469 e. The zero-order valence-electron chi connectivity index (χ0n) is 21.3. The molecule has 41 heavy (non-hydrogen) atoms. The van der Waals surface area contributed by atoms with Gasteiger partial charge < -0.3 is 26.8 Å². The van der Waals surface area contributed by atoms with E-state index in [0.29, 0.717) is 17.5 Å². The Bertz CT molecular complexity index is 1540. The molecular weight excluding hydrogens is 557 g/mol. The van der Waals surface area contributed by atoms with Crippen LogP contribution in [0.5, 0.6) is 0 Å². The number of halogens is 5. The quantitative estimate of drug-likeness (QED) is 0.234. The molecule has 0 fully saturated rings. The molecule has 6 N–H and O–H groups in total. The molecule has 3 aromatic rings. The number of esters is 1. The second kappa shape index (κ2) is 11.4. The van der Waals surface area contributed by atoms with Gasteiger partial charge in [-0.15, -0.1) is 0 Å². The van der Waals surface area contributed by atoms with Gasteiger partial charge in [-0.05, 0) is 29.8 Å². The lowest BCUT2D eigenvalue weighted by Crippen LogP contribution is -2.41. The van der Waals surface area contributed by atoms with E-state index < -0.39 is 59.9 Å². The Balaban J connectivity index is 1.89. The third kappa shape index (κ3) is 6.20. The summed E-state index contributed by atoms with van der Waals surface area (Å²) in [7, 11) is 1.04. The number of ether oxygens (including phenoxy) is 1. The van der Waals surface area contributed by atoms with E-state index in [0.717, 1.165) is 17.9 Å². The van der Waals surface area contributed by atoms with Crippen LogP contribution in [0.1, 0.15) is 39.9 Å². The SMILES string of the molecule is COC(=O)C[C@@H](c1ccc(F)c(C(F)(F)F)c1)C(C(N)=O)n1ncc2c(NC3=NCC(F)CN3)cc(C(N)=O)cc21. The molecule has 0 bridgehead atoms. The van der Waals surface area contributed by atoms with Crippen LogP contribution in [0.25, 0.3) is 10.9 Å². The van der Waals surface area contributed by atoms with E-state index in [1.54, 1.807) is 0 Å². The molecule has 0 radical (unpaired) electrons. The minimum Gasteiger partial charge on any atom is -0.469 e. The number of anilines is 1. The lowest BCUT2D eigenvalue weighted by molar-refractivity contribution is -0.141. The summed E-state index contributed by atoms with van der Waals surface area (Å²) in [6.45, 7) is -0.149. The molecule has 2 amide bonds. The van der Waals surface area contributed by atoms with E-state index in [1.165, 1.54) is 18.3 Å². The average Bonchev–Trinajstić information content (AvgIpc) is 3.32. The molecule has 218 valence electrons. The van der Waals surface area contributed by atoms with Crippen LogP contribution >= 0.6 is 0 Å². The Morgan fingerprint density at radius 2 is 1.95 bits per heavy atom. The monoisotopic (exact) mass is 581 g/mol. The van der Waals surface area contributed by atoms with Crippen LogP contribution in [0.3, 0.4) is 0 Å². The molecule has 4 rings (SSSR count). The van der Waals surface area contributed by atoms with Crippen molar-refractivity contribution >= 4 is 40.3 Å². The van der Waals surface area contributed by atoms with Crippen molar-refractivity contribution < 1.29 is 41.1 Å². The third-order valence-electron chi connectivity index (χ3n) is 6.47. The maximum Gasteiger partial charge on any atom is 0.419 e. The number of aliphatic imine (C=N–C) groups is 1. The van der Waals surface area contributed by atoms with Crippen molar-refractivity contribution in [3.05, 3.63) is 59.0 Å². The van der Waals surface area contributed by atoms with Gasteiger partial charge in [-0.25, -0.2) is 13.8 Å². The number of aromatic nitrogens is 2. The zero-order chi connectivity index (χ0) is 30.1. The van der Waals surface area contributed by atoms with Gasteiger partial charge in [0.25, 0.3) is 0 Å². The first-order chi connectivity index (χ1) is 19.3. The molecule has 1 aliphatic heterocycles. The number of benzene rings is 2. The Morgan fingerprint density at radius 3 is 2.54 bits per heavy atom. The third-order valence-corrected chi connectivity index (χ3v) is 6.47. The highest BCUT2D eigenvalue weighted by atomic mass is 19.4. The van der Waals surface area contributed by atoms with Crippen molar-refractivity contribution in [1.29, 1.82) is 0 Å². The van der Waals surface area contributed by atoms with Crippen molar-refractivity contribution in [2.24, 2.45) is 16.5 Å². The minimum absolute atomic E-state index is 0.0275. The summed E-state index contributed by atoms with van der Waals surface area (Å²) >= 11 is 0. The normalized spacial score (nSPS) is 16.8. The molecule has 0 saturated heterocycles. The van der Waals surface area contributed by atoms with Gasteiger partial charge in [0.2, 0.25) is 11.8 Å². The molecule has 3 atom stereocenters. The lowest BCUT2D eigenvalue weighted by Gasteiger charge is -2.26. The van der Waals surface area contributed by atoms with E-state index in [-0.39, 0.29) is 41.4 Å². The number of nitrogens with one attached hydrogen (secondary N) is 2. The number of alkyl halides is 4. The van der Waals surface area contributed by atoms with E-state index in [9.17, 15) is 36.3 Å². The van der Waals surface area contributed by atoms with Gasteiger partial charge >= 0.3 is 12.1 Å². The number of primary amides is 2. The molecule has 0 spiro atoms. The van der Waals surface area contributed by atoms with Crippen molar-refractivity contribution in [2.75, 3.05) is 25.5 Å². The fraction of sp³-hybridized carbons (Fsp3) is 0.320. The number of nitrogens with zero attached hydrogens (tertiary/aromatic N) is 3. The fourth-order valence-corrected chi connectivity index (χ4v) is 4.50. The molecule has 0 aliphatic carbocycles. The van der Waals surface area contributed by atoms with E-state index in [4.69, 9.17) is 11.5 Å². The Labute approximate surface area is 228 Å². The molecule has 2 unspecified atom stereocenters. The van der Waals surface area contributed by atoms with Crippen LogP contribution in [-0.2, 0) is 20.5 Å². The van der Waals surface area contributed by atoms with Crippen molar-refractivity contribution in [1.82, 2.24) is 15.1 Å². The topological polar surface area (TPSA) is 167 Å². The molecule has 1 aliphatic rings. The summed E-state index contributed by atoms with van der Waals surface area (Å²) in [4.78, 5) is 41.4. The Kier molecular flexibility index (Phi) is 8.12. The highest BCUT2D eigenvalue weighted by Gasteiger charge is 2.38. The number of fused-ring (bicyclic) bond motifs is 1. The average molecular weight is 582 g/mol. The second-order valence-electron chi connectivity index (χ2n) is 9.17. The maximum absolute atomic E-state index is 14.1. The summed E-state index contributed by atoms with van der Waals surface area (Å²) in [5, 5.41) is 10.1.